The molecule has 0 spiro atoms. The maximum atomic E-state index is 12.5. The lowest BCUT2D eigenvalue weighted by Gasteiger charge is -2.23. The fourth-order valence-electron chi connectivity index (χ4n) is 2.86. The zero-order valence-corrected chi connectivity index (χ0v) is 12.4. The first kappa shape index (κ1) is 14.3. The number of carbonyl (C=O) groups is 1. The first-order chi connectivity index (χ1) is 9.15. The molecule has 0 aliphatic carbocycles. The van der Waals surface area contributed by atoms with Crippen LogP contribution >= 0.6 is 0 Å². The molecule has 1 aliphatic heterocycles. The van der Waals surface area contributed by atoms with Crippen LogP contribution in [0.3, 0.4) is 0 Å². The third-order valence-corrected chi connectivity index (χ3v) is 4.47. The molecular formula is C17H25NO. The molecule has 1 heterocycles. The smallest absolute Gasteiger partial charge is 0.179 e. The summed E-state index contributed by atoms with van der Waals surface area (Å²) in [5.74, 6) is 1.04. The number of carbonyl (C=O) groups excluding carboxylic acids is 1. The van der Waals surface area contributed by atoms with Crippen LogP contribution in [-0.2, 0) is 6.42 Å². The Balaban J connectivity index is 2.02. The Hall–Kier alpha value is -1.15. The minimum absolute atomic E-state index is 0.0176. The van der Waals surface area contributed by atoms with Crippen molar-refractivity contribution >= 4 is 5.78 Å². The van der Waals surface area contributed by atoms with E-state index in [1.54, 1.807) is 0 Å². The van der Waals surface area contributed by atoms with E-state index < -0.39 is 0 Å². The number of benzene rings is 1. The van der Waals surface area contributed by atoms with E-state index in [9.17, 15) is 4.79 Å². The van der Waals surface area contributed by atoms with Crippen LogP contribution in [-0.4, -0.2) is 29.8 Å². The lowest BCUT2D eigenvalue weighted by atomic mass is 10.0. The van der Waals surface area contributed by atoms with Crippen LogP contribution in [0.25, 0.3) is 0 Å². The van der Waals surface area contributed by atoms with Gasteiger partial charge in [-0.1, -0.05) is 44.5 Å². The Labute approximate surface area is 116 Å². The normalized spacial score (nSPS) is 21.5. The summed E-state index contributed by atoms with van der Waals surface area (Å²) in [6.07, 6.45) is 3.49. The molecule has 0 bridgehead atoms. The highest BCUT2D eigenvalue weighted by molar-refractivity contribution is 5.99. The second-order valence-corrected chi connectivity index (χ2v) is 5.65. The molecule has 2 heteroatoms. The Bertz CT molecular complexity index is 423. The highest BCUT2D eigenvalue weighted by Gasteiger charge is 2.28. The monoisotopic (exact) mass is 259 g/mol. The summed E-state index contributed by atoms with van der Waals surface area (Å²) in [5.41, 5.74) is 2.14. The Morgan fingerprint density at radius 1 is 1.32 bits per heavy atom. The van der Waals surface area contributed by atoms with Crippen molar-refractivity contribution in [3.63, 3.8) is 0 Å². The van der Waals surface area contributed by atoms with Crippen molar-refractivity contribution in [1.29, 1.82) is 0 Å². The molecule has 0 aromatic heterocycles. The highest BCUT2D eigenvalue weighted by atomic mass is 16.1. The molecular weight excluding hydrogens is 234 g/mol. The quantitative estimate of drug-likeness (QED) is 0.754. The average Bonchev–Trinajstić information content (AvgIpc) is 2.94. The summed E-state index contributed by atoms with van der Waals surface area (Å²) in [5, 5.41) is 0. The third kappa shape index (κ3) is 3.24. The van der Waals surface area contributed by atoms with Crippen LogP contribution in [0.2, 0.25) is 0 Å². The summed E-state index contributed by atoms with van der Waals surface area (Å²) in [6.45, 7) is 8.57. The zero-order valence-electron chi connectivity index (χ0n) is 12.4. The van der Waals surface area contributed by atoms with Gasteiger partial charge in [0.05, 0.1) is 6.04 Å². The summed E-state index contributed by atoms with van der Waals surface area (Å²) in [7, 11) is 0. The lowest BCUT2D eigenvalue weighted by molar-refractivity contribution is 0.0862. The van der Waals surface area contributed by atoms with Crippen LogP contribution in [0.1, 0.15) is 49.5 Å². The number of ketones is 1. The molecule has 0 radical (unpaired) electrons. The van der Waals surface area contributed by atoms with E-state index in [-0.39, 0.29) is 11.8 Å². The first-order valence-corrected chi connectivity index (χ1v) is 7.52. The molecule has 1 aromatic carbocycles. The summed E-state index contributed by atoms with van der Waals surface area (Å²) >= 11 is 0. The predicted molar refractivity (Wildman–Crippen MR) is 79.6 cm³/mol. The number of likely N-dealkylation sites (tertiary alicyclic amines) is 1. The van der Waals surface area contributed by atoms with Gasteiger partial charge in [0.2, 0.25) is 0 Å². The molecule has 0 saturated carbocycles. The first-order valence-electron chi connectivity index (χ1n) is 7.52. The second kappa shape index (κ2) is 6.33. The fourth-order valence-corrected chi connectivity index (χ4v) is 2.86. The minimum Gasteiger partial charge on any atom is -0.293 e. The van der Waals surface area contributed by atoms with Gasteiger partial charge in [-0.15, -0.1) is 0 Å². The van der Waals surface area contributed by atoms with E-state index in [0.29, 0.717) is 0 Å². The second-order valence-electron chi connectivity index (χ2n) is 5.65. The van der Waals surface area contributed by atoms with Gasteiger partial charge in [-0.2, -0.15) is 0 Å². The molecule has 2 nitrogen and oxygen atoms in total. The van der Waals surface area contributed by atoms with Gasteiger partial charge in [0, 0.05) is 12.1 Å². The van der Waals surface area contributed by atoms with Gasteiger partial charge in [-0.25, -0.2) is 0 Å². The number of rotatable bonds is 5. The molecule has 19 heavy (non-hydrogen) atoms. The van der Waals surface area contributed by atoms with E-state index in [0.717, 1.165) is 31.0 Å². The Morgan fingerprint density at radius 3 is 2.53 bits per heavy atom. The van der Waals surface area contributed by atoms with E-state index in [2.05, 4.69) is 30.9 Å². The van der Waals surface area contributed by atoms with Crippen molar-refractivity contribution in [1.82, 2.24) is 4.90 Å². The standard InChI is InChI=1S/C17H25NO/c1-4-14-6-8-16(9-7-14)17(19)13(3)18-11-10-15(5-2)12-18/h6-9,13,15H,4-5,10-12H2,1-3H3. The van der Waals surface area contributed by atoms with Gasteiger partial charge in [0.1, 0.15) is 0 Å². The Kier molecular flexibility index (Phi) is 4.76. The van der Waals surface area contributed by atoms with Crippen LogP contribution in [0, 0.1) is 5.92 Å². The number of hydrogen-bond donors (Lipinski definition) is 0. The number of nitrogens with zero attached hydrogens (tertiary/aromatic N) is 1. The zero-order chi connectivity index (χ0) is 13.8. The molecule has 2 atom stereocenters. The van der Waals surface area contributed by atoms with E-state index >= 15 is 0 Å². The van der Waals surface area contributed by atoms with Crippen LogP contribution in [0.5, 0.6) is 0 Å². The highest BCUT2D eigenvalue weighted by Crippen LogP contribution is 2.22. The van der Waals surface area contributed by atoms with Crippen molar-refractivity contribution in [2.45, 2.75) is 46.1 Å². The fraction of sp³-hybridized carbons (Fsp3) is 0.588. The third-order valence-electron chi connectivity index (χ3n) is 4.47. The molecule has 1 saturated heterocycles. The van der Waals surface area contributed by atoms with Gasteiger partial charge < -0.3 is 0 Å². The maximum absolute atomic E-state index is 12.5. The molecule has 2 unspecified atom stereocenters. The number of Topliss-reactive ketones (excluding diaryl/α,β-unsaturated/α-hetero) is 1. The minimum atomic E-state index is 0.0176. The topological polar surface area (TPSA) is 20.3 Å². The number of aryl methyl sites for hydroxylation is 1. The lowest BCUT2D eigenvalue weighted by Crippen LogP contribution is -2.37. The van der Waals surface area contributed by atoms with Gasteiger partial charge in [-0.3, -0.25) is 9.69 Å². The molecule has 0 N–H and O–H groups in total. The largest absolute Gasteiger partial charge is 0.293 e. The predicted octanol–water partition coefficient (Wildman–Crippen LogP) is 3.55. The van der Waals surface area contributed by atoms with Crippen molar-refractivity contribution in [3.8, 4) is 0 Å². The van der Waals surface area contributed by atoms with Gasteiger partial charge >= 0.3 is 0 Å². The van der Waals surface area contributed by atoms with E-state index in [1.807, 2.05) is 19.1 Å². The van der Waals surface area contributed by atoms with Crippen LogP contribution in [0.15, 0.2) is 24.3 Å². The molecule has 1 aromatic rings. The van der Waals surface area contributed by atoms with Crippen molar-refractivity contribution in [2.24, 2.45) is 5.92 Å². The molecule has 1 fully saturated rings. The molecule has 1 aliphatic rings. The summed E-state index contributed by atoms with van der Waals surface area (Å²) in [4.78, 5) is 14.8. The van der Waals surface area contributed by atoms with Crippen molar-refractivity contribution < 1.29 is 4.79 Å². The Morgan fingerprint density at radius 2 is 2.00 bits per heavy atom. The van der Waals surface area contributed by atoms with Gasteiger partial charge in [0.15, 0.2) is 5.78 Å². The SMILES string of the molecule is CCc1ccc(C(=O)C(C)N2CCC(CC)C2)cc1. The van der Waals surface area contributed by atoms with Crippen LogP contribution < -0.4 is 0 Å². The van der Waals surface area contributed by atoms with Crippen LogP contribution in [0.4, 0.5) is 0 Å². The van der Waals surface area contributed by atoms with E-state index in [4.69, 9.17) is 0 Å². The molecule has 0 amide bonds. The average molecular weight is 259 g/mol. The summed E-state index contributed by atoms with van der Waals surface area (Å²) in [6, 6.07) is 8.11. The molecule has 2 rings (SSSR count). The van der Waals surface area contributed by atoms with Gasteiger partial charge in [0.25, 0.3) is 0 Å². The maximum Gasteiger partial charge on any atom is 0.179 e. The van der Waals surface area contributed by atoms with Crippen molar-refractivity contribution in [2.75, 3.05) is 13.1 Å². The molecule has 104 valence electrons. The van der Waals surface area contributed by atoms with Gasteiger partial charge in [-0.05, 0) is 37.8 Å². The number of hydrogen-bond acceptors (Lipinski definition) is 2. The van der Waals surface area contributed by atoms with Crippen molar-refractivity contribution in [3.05, 3.63) is 35.4 Å². The van der Waals surface area contributed by atoms with E-state index in [1.165, 1.54) is 18.4 Å². The summed E-state index contributed by atoms with van der Waals surface area (Å²) < 4.78 is 0.